The zero-order chi connectivity index (χ0) is 20.6. The number of rotatable bonds is 3. The Morgan fingerprint density at radius 3 is 2.45 bits per heavy atom. The van der Waals surface area contributed by atoms with Crippen LogP contribution in [0.4, 0.5) is 24.5 Å². The molecule has 6 nitrogen and oxygen atoms in total. The number of carbonyl (C=O) groups is 2. The molecule has 2 aliphatic rings. The molecule has 2 aliphatic heterocycles. The van der Waals surface area contributed by atoms with Crippen LogP contribution in [0, 0.1) is 0 Å². The number of anilines is 2. The lowest BCUT2D eigenvalue weighted by Crippen LogP contribution is -2.48. The summed E-state index contributed by atoms with van der Waals surface area (Å²) in [5.41, 5.74) is -0.423. The minimum absolute atomic E-state index is 0.319. The fourth-order valence-electron chi connectivity index (χ4n) is 3.53. The van der Waals surface area contributed by atoms with Gasteiger partial charge in [-0.15, -0.1) is 0 Å². The summed E-state index contributed by atoms with van der Waals surface area (Å²) < 4.78 is 50.8. The van der Waals surface area contributed by atoms with Crippen LogP contribution in [0.1, 0.15) is 17.5 Å². The van der Waals surface area contributed by atoms with Gasteiger partial charge < -0.3 is 14.8 Å². The molecule has 0 atom stereocenters. The summed E-state index contributed by atoms with van der Waals surface area (Å²) in [6.45, 7) is 0.161. The Balaban J connectivity index is 1.59. The van der Waals surface area contributed by atoms with Gasteiger partial charge in [-0.25, -0.2) is 0 Å². The predicted octanol–water partition coefficient (Wildman–Crippen LogP) is 3.28. The van der Waals surface area contributed by atoms with Gasteiger partial charge in [0.05, 0.1) is 30.2 Å². The molecule has 1 fully saturated rings. The zero-order valence-electron chi connectivity index (χ0n) is 15.2. The number of para-hydroxylation sites is 2. The third-order valence-corrected chi connectivity index (χ3v) is 4.78. The molecule has 9 heteroatoms. The number of hydrogen-bond acceptors (Lipinski definition) is 4. The SMILES string of the molecule is O=C(CN1C(=O)C2(OCCCO2)c2ccccc21)Nc1ccccc1C(F)(F)F. The van der Waals surface area contributed by atoms with Gasteiger partial charge in [0.2, 0.25) is 5.91 Å². The third kappa shape index (κ3) is 3.36. The number of benzene rings is 2. The molecule has 1 N–H and O–H groups in total. The Bertz CT molecular complexity index is 955. The third-order valence-electron chi connectivity index (χ3n) is 4.78. The first-order valence-corrected chi connectivity index (χ1v) is 8.98. The van der Waals surface area contributed by atoms with Gasteiger partial charge in [-0.1, -0.05) is 30.3 Å². The van der Waals surface area contributed by atoms with Crippen molar-refractivity contribution in [1.82, 2.24) is 0 Å². The topological polar surface area (TPSA) is 67.9 Å². The number of halogens is 3. The summed E-state index contributed by atoms with van der Waals surface area (Å²) in [7, 11) is 0. The van der Waals surface area contributed by atoms with E-state index < -0.39 is 35.9 Å². The van der Waals surface area contributed by atoms with Crippen molar-refractivity contribution in [2.24, 2.45) is 0 Å². The summed E-state index contributed by atoms with van der Waals surface area (Å²) in [4.78, 5) is 26.8. The van der Waals surface area contributed by atoms with Crippen molar-refractivity contribution in [3.8, 4) is 0 Å². The molecule has 29 heavy (non-hydrogen) atoms. The maximum absolute atomic E-state index is 13.2. The van der Waals surface area contributed by atoms with Crippen molar-refractivity contribution in [3.05, 3.63) is 59.7 Å². The van der Waals surface area contributed by atoms with Crippen LogP contribution >= 0.6 is 0 Å². The molecule has 4 rings (SSSR count). The van der Waals surface area contributed by atoms with Crippen molar-refractivity contribution in [1.29, 1.82) is 0 Å². The Morgan fingerprint density at radius 1 is 1.07 bits per heavy atom. The second-order valence-corrected chi connectivity index (χ2v) is 6.67. The molecular formula is C20H17F3N2O4. The molecule has 1 saturated heterocycles. The second-order valence-electron chi connectivity index (χ2n) is 6.67. The van der Waals surface area contributed by atoms with Crippen molar-refractivity contribution in [3.63, 3.8) is 0 Å². The molecule has 0 saturated carbocycles. The van der Waals surface area contributed by atoms with Crippen LogP contribution in [0.3, 0.4) is 0 Å². The predicted molar refractivity (Wildman–Crippen MR) is 97.1 cm³/mol. The average molecular weight is 406 g/mol. The number of ether oxygens (including phenoxy) is 2. The highest BCUT2D eigenvalue weighted by atomic mass is 19.4. The van der Waals surface area contributed by atoms with E-state index in [1.807, 2.05) is 0 Å². The summed E-state index contributed by atoms with van der Waals surface area (Å²) in [6, 6.07) is 11.4. The molecular weight excluding hydrogens is 389 g/mol. The fourth-order valence-corrected chi connectivity index (χ4v) is 3.53. The van der Waals surface area contributed by atoms with Gasteiger partial charge in [-0.05, 0) is 24.6 Å². The van der Waals surface area contributed by atoms with Gasteiger partial charge in [-0.3, -0.25) is 14.5 Å². The summed E-state index contributed by atoms with van der Waals surface area (Å²) in [6.07, 6.45) is -3.99. The molecule has 152 valence electrons. The number of nitrogens with zero attached hydrogens (tertiary/aromatic N) is 1. The number of hydrogen-bond donors (Lipinski definition) is 1. The monoisotopic (exact) mass is 406 g/mol. The standard InChI is InChI=1S/C20H17F3N2O4/c21-20(22,23)13-6-1-3-8-15(13)24-17(26)12-25-16-9-4-2-7-14(16)19(18(25)27)28-10-5-11-29-19/h1-4,6-9H,5,10-12H2,(H,24,26). The van der Waals surface area contributed by atoms with Crippen LogP contribution in [0.15, 0.2) is 48.5 Å². The van der Waals surface area contributed by atoms with Crippen molar-refractivity contribution < 1.29 is 32.2 Å². The zero-order valence-corrected chi connectivity index (χ0v) is 15.2. The molecule has 0 aliphatic carbocycles. The number of fused-ring (bicyclic) bond motifs is 2. The normalized spacial score (nSPS) is 18.0. The minimum Gasteiger partial charge on any atom is -0.338 e. The van der Waals surface area contributed by atoms with Crippen molar-refractivity contribution >= 4 is 23.2 Å². The lowest BCUT2D eigenvalue weighted by atomic mass is 10.1. The number of amides is 2. The molecule has 0 unspecified atom stereocenters. The molecule has 2 heterocycles. The van der Waals surface area contributed by atoms with E-state index in [9.17, 15) is 22.8 Å². The van der Waals surface area contributed by atoms with E-state index in [0.717, 1.165) is 12.1 Å². The molecule has 1 spiro atoms. The van der Waals surface area contributed by atoms with E-state index in [1.165, 1.54) is 17.0 Å². The molecule has 2 aromatic rings. The Morgan fingerprint density at radius 2 is 1.72 bits per heavy atom. The van der Waals surface area contributed by atoms with Crippen LogP contribution in [-0.2, 0) is 31.0 Å². The lowest BCUT2D eigenvalue weighted by Gasteiger charge is -2.32. The number of nitrogens with one attached hydrogen (secondary N) is 1. The van der Waals surface area contributed by atoms with Crippen LogP contribution < -0.4 is 10.2 Å². The first kappa shape index (κ1) is 19.4. The molecule has 2 amide bonds. The molecule has 0 bridgehead atoms. The number of carbonyl (C=O) groups excluding carboxylic acids is 2. The summed E-state index contributed by atoms with van der Waals surface area (Å²) in [5.74, 6) is -2.95. The Labute approximate surface area is 164 Å². The maximum Gasteiger partial charge on any atom is 0.418 e. The summed E-state index contributed by atoms with van der Waals surface area (Å²) >= 11 is 0. The number of alkyl halides is 3. The largest absolute Gasteiger partial charge is 0.418 e. The average Bonchev–Trinajstić information content (AvgIpc) is 2.91. The quantitative estimate of drug-likeness (QED) is 0.850. The first-order chi connectivity index (χ1) is 13.8. The van der Waals surface area contributed by atoms with E-state index in [2.05, 4.69) is 5.32 Å². The van der Waals surface area contributed by atoms with Gasteiger partial charge >= 0.3 is 6.18 Å². The van der Waals surface area contributed by atoms with E-state index >= 15 is 0 Å². The first-order valence-electron chi connectivity index (χ1n) is 8.98. The highest BCUT2D eigenvalue weighted by molar-refractivity contribution is 6.10. The van der Waals surface area contributed by atoms with Gasteiger partial charge in [0.25, 0.3) is 11.7 Å². The van der Waals surface area contributed by atoms with E-state index in [1.54, 1.807) is 24.3 Å². The smallest absolute Gasteiger partial charge is 0.338 e. The van der Waals surface area contributed by atoms with Crippen molar-refractivity contribution in [2.75, 3.05) is 30.0 Å². The van der Waals surface area contributed by atoms with Crippen LogP contribution in [-0.4, -0.2) is 31.6 Å². The van der Waals surface area contributed by atoms with Crippen LogP contribution in [0.5, 0.6) is 0 Å². The van der Waals surface area contributed by atoms with Gasteiger partial charge in [0.15, 0.2) is 0 Å². The highest BCUT2D eigenvalue weighted by Crippen LogP contribution is 2.45. The Hall–Kier alpha value is -2.91. The fraction of sp³-hybridized carbons (Fsp3) is 0.300. The van der Waals surface area contributed by atoms with Crippen LogP contribution in [0.2, 0.25) is 0 Å². The van der Waals surface area contributed by atoms with E-state index in [4.69, 9.17) is 9.47 Å². The molecule has 0 aromatic heterocycles. The van der Waals surface area contributed by atoms with Gasteiger partial charge in [0, 0.05) is 5.56 Å². The van der Waals surface area contributed by atoms with Crippen molar-refractivity contribution in [2.45, 2.75) is 18.4 Å². The van der Waals surface area contributed by atoms with E-state index in [-0.39, 0.29) is 5.69 Å². The Kier molecular flexibility index (Phi) is 4.79. The van der Waals surface area contributed by atoms with Gasteiger partial charge in [0.1, 0.15) is 6.54 Å². The van der Waals surface area contributed by atoms with Gasteiger partial charge in [-0.2, -0.15) is 13.2 Å². The summed E-state index contributed by atoms with van der Waals surface area (Å²) in [5, 5.41) is 2.25. The van der Waals surface area contributed by atoms with E-state index in [0.29, 0.717) is 30.9 Å². The second kappa shape index (κ2) is 7.16. The lowest BCUT2D eigenvalue weighted by molar-refractivity contribution is -0.256. The van der Waals surface area contributed by atoms with Crippen LogP contribution in [0.25, 0.3) is 0 Å². The minimum atomic E-state index is -4.62. The molecule has 2 aromatic carbocycles. The highest BCUT2D eigenvalue weighted by Gasteiger charge is 2.55. The molecule has 0 radical (unpaired) electrons. The maximum atomic E-state index is 13.2.